The quantitative estimate of drug-likeness (QED) is 0.583. The summed E-state index contributed by atoms with van der Waals surface area (Å²) in [5.41, 5.74) is 0.947. The number of para-hydroxylation sites is 1. The molecule has 0 radical (unpaired) electrons. The number of hydrogen-bond acceptors (Lipinski definition) is 5. The third-order valence-electron chi connectivity index (χ3n) is 4.15. The number of anilines is 2. The second kappa shape index (κ2) is 10.8. The first-order valence-electron chi connectivity index (χ1n) is 10.0. The maximum Gasteiger partial charge on any atom is 0.253 e. The maximum atomic E-state index is 12.7. The molecule has 0 aliphatic heterocycles. The Hall–Kier alpha value is -3.07. The lowest BCUT2D eigenvalue weighted by Crippen LogP contribution is -2.38. The minimum atomic E-state index is -3.73. The molecule has 0 unspecified atom stereocenters. The van der Waals surface area contributed by atoms with Gasteiger partial charge in [-0.3, -0.25) is 13.9 Å². The standard InChI is InChI=1S/C22H29N3O5S/c1-5-14-30-18-12-10-17(11-13-18)25(31(4,28)29)15-21(26)24-20-9-7-6-8-19(20)22(27)23-16(2)3/h6-13,16H,5,14-15H2,1-4H3,(H,23,27)(H,24,26). The molecule has 2 N–H and O–H groups in total. The van der Waals surface area contributed by atoms with Crippen molar-refractivity contribution in [1.82, 2.24) is 5.32 Å². The van der Waals surface area contributed by atoms with Crippen LogP contribution < -0.4 is 19.7 Å². The number of benzene rings is 2. The van der Waals surface area contributed by atoms with Crippen molar-refractivity contribution in [1.29, 1.82) is 0 Å². The fourth-order valence-corrected chi connectivity index (χ4v) is 3.64. The van der Waals surface area contributed by atoms with E-state index in [1.165, 1.54) is 0 Å². The average Bonchev–Trinajstić information content (AvgIpc) is 2.70. The summed E-state index contributed by atoms with van der Waals surface area (Å²) in [6.07, 6.45) is 1.89. The lowest BCUT2D eigenvalue weighted by molar-refractivity contribution is -0.114. The Kier molecular flexibility index (Phi) is 8.44. The smallest absolute Gasteiger partial charge is 0.253 e. The molecule has 9 heteroatoms. The van der Waals surface area contributed by atoms with Crippen molar-refractivity contribution < 1.29 is 22.7 Å². The van der Waals surface area contributed by atoms with Crippen LogP contribution in [0.1, 0.15) is 37.6 Å². The van der Waals surface area contributed by atoms with Gasteiger partial charge in [-0.05, 0) is 56.7 Å². The summed E-state index contributed by atoms with van der Waals surface area (Å²) in [5, 5.41) is 5.42. The molecule has 0 saturated carbocycles. The molecule has 2 amide bonds. The van der Waals surface area contributed by atoms with Gasteiger partial charge in [0, 0.05) is 6.04 Å². The zero-order valence-corrected chi connectivity index (χ0v) is 19.0. The predicted molar refractivity (Wildman–Crippen MR) is 122 cm³/mol. The fourth-order valence-electron chi connectivity index (χ4n) is 2.78. The number of ether oxygens (including phenoxy) is 1. The molecule has 0 aliphatic rings. The fraction of sp³-hybridized carbons (Fsp3) is 0.364. The Balaban J connectivity index is 2.19. The van der Waals surface area contributed by atoms with Gasteiger partial charge < -0.3 is 15.4 Å². The van der Waals surface area contributed by atoms with Gasteiger partial charge in [0.05, 0.1) is 29.8 Å². The Morgan fingerprint density at radius 3 is 2.29 bits per heavy atom. The number of nitrogens with one attached hydrogen (secondary N) is 2. The molecule has 2 aromatic rings. The number of hydrogen-bond donors (Lipinski definition) is 2. The Labute approximate surface area is 183 Å². The van der Waals surface area contributed by atoms with Crippen LogP contribution in [-0.2, 0) is 14.8 Å². The average molecular weight is 448 g/mol. The summed E-state index contributed by atoms with van der Waals surface area (Å²) >= 11 is 0. The Morgan fingerprint density at radius 1 is 1.06 bits per heavy atom. The highest BCUT2D eigenvalue weighted by Gasteiger charge is 2.22. The molecule has 0 heterocycles. The third kappa shape index (κ3) is 7.29. The molecule has 0 saturated heterocycles. The minimum Gasteiger partial charge on any atom is -0.494 e. The van der Waals surface area contributed by atoms with Gasteiger partial charge in [-0.15, -0.1) is 0 Å². The monoisotopic (exact) mass is 447 g/mol. The minimum absolute atomic E-state index is 0.0683. The van der Waals surface area contributed by atoms with Gasteiger partial charge in [-0.1, -0.05) is 19.1 Å². The van der Waals surface area contributed by atoms with Crippen molar-refractivity contribution in [3.63, 3.8) is 0 Å². The molecule has 168 valence electrons. The normalized spacial score (nSPS) is 11.1. The van der Waals surface area contributed by atoms with Crippen LogP contribution >= 0.6 is 0 Å². The lowest BCUT2D eigenvalue weighted by atomic mass is 10.1. The molecular weight excluding hydrogens is 418 g/mol. The van der Waals surface area contributed by atoms with E-state index in [-0.39, 0.29) is 11.9 Å². The van der Waals surface area contributed by atoms with Crippen molar-refractivity contribution in [3.8, 4) is 5.75 Å². The molecule has 0 fully saturated rings. The van der Waals surface area contributed by atoms with Crippen LogP contribution in [0, 0.1) is 0 Å². The van der Waals surface area contributed by atoms with E-state index in [1.54, 1.807) is 48.5 Å². The predicted octanol–water partition coefficient (Wildman–Crippen LogP) is 3.02. The van der Waals surface area contributed by atoms with Crippen molar-refractivity contribution in [2.45, 2.75) is 33.2 Å². The highest BCUT2D eigenvalue weighted by molar-refractivity contribution is 7.92. The van der Waals surface area contributed by atoms with E-state index >= 15 is 0 Å². The summed E-state index contributed by atoms with van der Waals surface area (Å²) in [6, 6.07) is 13.0. The first-order valence-corrected chi connectivity index (χ1v) is 11.9. The van der Waals surface area contributed by atoms with Gasteiger partial charge >= 0.3 is 0 Å². The SMILES string of the molecule is CCCOc1ccc(N(CC(=O)Nc2ccccc2C(=O)NC(C)C)S(C)(=O)=O)cc1. The highest BCUT2D eigenvalue weighted by Crippen LogP contribution is 2.22. The number of carbonyl (C=O) groups excluding carboxylic acids is 2. The van der Waals surface area contributed by atoms with Crippen molar-refractivity contribution in [2.24, 2.45) is 0 Å². The van der Waals surface area contributed by atoms with E-state index in [0.29, 0.717) is 29.3 Å². The molecule has 0 atom stereocenters. The van der Waals surface area contributed by atoms with E-state index in [0.717, 1.165) is 17.0 Å². The zero-order valence-electron chi connectivity index (χ0n) is 18.2. The van der Waals surface area contributed by atoms with E-state index in [1.807, 2.05) is 20.8 Å². The molecule has 8 nitrogen and oxygen atoms in total. The second-order valence-corrected chi connectivity index (χ2v) is 9.24. The highest BCUT2D eigenvalue weighted by atomic mass is 32.2. The summed E-state index contributed by atoms with van der Waals surface area (Å²) < 4.78 is 31.2. The molecule has 2 rings (SSSR count). The number of rotatable bonds is 10. The van der Waals surface area contributed by atoms with E-state index in [2.05, 4.69) is 10.6 Å². The van der Waals surface area contributed by atoms with Gasteiger partial charge in [-0.25, -0.2) is 8.42 Å². The van der Waals surface area contributed by atoms with Crippen molar-refractivity contribution in [2.75, 3.05) is 29.0 Å². The van der Waals surface area contributed by atoms with Crippen LogP contribution in [0.25, 0.3) is 0 Å². The van der Waals surface area contributed by atoms with Gasteiger partial charge in [0.25, 0.3) is 5.91 Å². The molecule has 2 aromatic carbocycles. The first kappa shape index (κ1) is 24.2. The largest absolute Gasteiger partial charge is 0.494 e. The van der Waals surface area contributed by atoms with Crippen LogP contribution in [-0.4, -0.2) is 45.7 Å². The molecule has 31 heavy (non-hydrogen) atoms. The second-order valence-electron chi connectivity index (χ2n) is 7.33. The van der Waals surface area contributed by atoms with Gasteiger partial charge in [0.1, 0.15) is 12.3 Å². The zero-order chi connectivity index (χ0) is 23.0. The lowest BCUT2D eigenvalue weighted by Gasteiger charge is -2.22. The topological polar surface area (TPSA) is 105 Å². The number of nitrogens with zero attached hydrogens (tertiary/aromatic N) is 1. The molecular formula is C22H29N3O5S. The summed E-state index contributed by atoms with van der Waals surface area (Å²) in [5.74, 6) is -0.274. The molecule has 0 aromatic heterocycles. The number of amides is 2. The van der Waals surface area contributed by atoms with Gasteiger partial charge in [0.15, 0.2) is 0 Å². The van der Waals surface area contributed by atoms with Crippen LogP contribution in [0.15, 0.2) is 48.5 Å². The van der Waals surface area contributed by atoms with Gasteiger partial charge in [0.2, 0.25) is 15.9 Å². The van der Waals surface area contributed by atoms with Crippen molar-refractivity contribution >= 4 is 33.2 Å². The van der Waals surface area contributed by atoms with E-state index in [4.69, 9.17) is 4.74 Å². The maximum absolute atomic E-state index is 12.7. The number of sulfonamides is 1. The van der Waals surface area contributed by atoms with Crippen LogP contribution in [0.4, 0.5) is 11.4 Å². The summed E-state index contributed by atoms with van der Waals surface area (Å²) in [6.45, 7) is 5.78. The summed E-state index contributed by atoms with van der Waals surface area (Å²) in [4.78, 5) is 25.1. The van der Waals surface area contributed by atoms with Crippen LogP contribution in [0.5, 0.6) is 5.75 Å². The summed E-state index contributed by atoms with van der Waals surface area (Å²) in [7, 11) is -3.73. The number of carbonyl (C=O) groups is 2. The van der Waals surface area contributed by atoms with Crippen molar-refractivity contribution in [3.05, 3.63) is 54.1 Å². The molecule has 0 bridgehead atoms. The van der Waals surface area contributed by atoms with E-state index in [9.17, 15) is 18.0 Å². The third-order valence-corrected chi connectivity index (χ3v) is 5.29. The first-order chi connectivity index (χ1) is 14.6. The molecule has 0 spiro atoms. The Morgan fingerprint density at radius 2 is 1.71 bits per heavy atom. The van der Waals surface area contributed by atoms with E-state index < -0.39 is 22.5 Å². The van der Waals surface area contributed by atoms with Crippen LogP contribution in [0.3, 0.4) is 0 Å². The van der Waals surface area contributed by atoms with Crippen LogP contribution in [0.2, 0.25) is 0 Å². The van der Waals surface area contributed by atoms with Gasteiger partial charge in [-0.2, -0.15) is 0 Å². The Bertz CT molecular complexity index is 1000. The molecule has 0 aliphatic carbocycles.